The molecule has 0 bridgehead atoms. The topological polar surface area (TPSA) is 118 Å². The van der Waals surface area contributed by atoms with Gasteiger partial charge in [0.25, 0.3) is 5.91 Å². The predicted octanol–water partition coefficient (Wildman–Crippen LogP) is 3.37. The maximum atomic E-state index is 13.3. The minimum atomic E-state index is -0.746. The van der Waals surface area contributed by atoms with E-state index in [1.165, 1.54) is 0 Å². The summed E-state index contributed by atoms with van der Waals surface area (Å²) in [7, 11) is 0. The van der Waals surface area contributed by atoms with E-state index >= 15 is 0 Å². The fraction of sp³-hybridized carbons (Fsp3) is 0.0588. The van der Waals surface area contributed by atoms with E-state index in [1.807, 2.05) is 6.07 Å². The lowest BCUT2D eigenvalue weighted by molar-refractivity contribution is -0.385. The molecule has 9 heteroatoms. The molecule has 1 aromatic heterocycles. The van der Waals surface area contributed by atoms with Gasteiger partial charge in [-0.05, 0) is 18.2 Å². The molecule has 1 heterocycles. The second kappa shape index (κ2) is 6.90. The number of benzene rings is 2. The van der Waals surface area contributed by atoms with Gasteiger partial charge in [-0.1, -0.05) is 12.1 Å². The normalized spacial score (nSPS) is 10.3. The zero-order valence-corrected chi connectivity index (χ0v) is 13.1. The summed E-state index contributed by atoms with van der Waals surface area (Å²) in [5.41, 5.74) is 0.122. The van der Waals surface area contributed by atoms with Gasteiger partial charge in [0, 0.05) is 17.5 Å². The molecule has 3 rings (SSSR count). The number of halogens is 1. The molecule has 26 heavy (non-hydrogen) atoms. The third-order valence-electron chi connectivity index (χ3n) is 3.44. The van der Waals surface area contributed by atoms with E-state index in [2.05, 4.69) is 5.32 Å². The van der Waals surface area contributed by atoms with Gasteiger partial charge >= 0.3 is 5.69 Å². The lowest BCUT2D eigenvalue weighted by atomic mass is 10.2. The summed E-state index contributed by atoms with van der Waals surface area (Å²) in [4.78, 5) is 22.3. The minimum absolute atomic E-state index is 0.0868. The lowest BCUT2D eigenvalue weighted by Gasteiger charge is -2.07. The molecule has 1 amide bonds. The minimum Gasteiger partial charge on any atom is -0.477 e. The summed E-state index contributed by atoms with van der Waals surface area (Å²) in [5, 5.41) is 23.0. The van der Waals surface area contributed by atoms with Gasteiger partial charge in [0.05, 0.1) is 4.92 Å². The van der Waals surface area contributed by atoms with E-state index in [0.29, 0.717) is 11.0 Å². The van der Waals surface area contributed by atoms with Crippen LogP contribution in [0.15, 0.2) is 46.9 Å². The van der Waals surface area contributed by atoms with Gasteiger partial charge in [0.2, 0.25) is 11.5 Å². The maximum Gasteiger partial charge on any atom is 0.311 e. The molecule has 3 aromatic rings. The highest BCUT2D eigenvalue weighted by Gasteiger charge is 2.19. The number of carbonyl (C=O) groups excluding carboxylic acids is 1. The Labute approximate surface area is 145 Å². The van der Waals surface area contributed by atoms with Crippen LogP contribution in [0.1, 0.15) is 5.76 Å². The number of anilines is 1. The average molecular weight is 355 g/mol. The number of nitro benzene ring substituents is 1. The van der Waals surface area contributed by atoms with Crippen molar-refractivity contribution < 1.29 is 23.3 Å². The number of nitrogens with one attached hydrogen (secondary N) is 1. The van der Waals surface area contributed by atoms with Gasteiger partial charge in [-0.2, -0.15) is 5.26 Å². The summed E-state index contributed by atoms with van der Waals surface area (Å²) in [6.45, 7) is -0.616. The zero-order chi connectivity index (χ0) is 18.7. The smallest absolute Gasteiger partial charge is 0.311 e. The van der Waals surface area contributed by atoms with Gasteiger partial charge in [-0.25, -0.2) is 4.39 Å². The van der Waals surface area contributed by atoms with Crippen molar-refractivity contribution in [3.8, 4) is 11.8 Å². The largest absolute Gasteiger partial charge is 0.477 e. The van der Waals surface area contributed by atoms with E-state index < -0.39 is 28.9 Å². The number of nitrogens with zero attached hydrogens (tertiary/aromatic N) is 2. The van der Waals surface area contributed by atoms with Crippen molar-refractivity contribution >= 4 is 28.3 Å². The molecular weight excluding hydrogens is 345 g/mol. The number of nitro groups is 1. The molecule has 0 radical (unpaired) electrons. The Morgan fingerprint density at radius 3 is 2.85 bits per heavy atom. The summed E-state index contributed by atoms with van der Waals surface area (Å²) in [6.07, 6.45) is 0. The fourth-order valence-electron chi connectivity index (χ4n) is 2.32. The highest BCUT2D eigenvalue weighted by molar-refractivity contribution is 6.03. The van der Waals surface area contributed by atoms with Crippen molar-refractivity contribution in [3.63, 3.8) is 0 Å². The van der Waals surface area contributed by atoms with Gasteiger partial charge in [-0.3, -0.25) is 14.9 Å². The Hall–Kier alpha value is -3.93. The molecule has 0 aliphatic heterocycles. The van der Waals surface area contributed by atoms with Crippen LogP contribution in [0.4, 0.5) is 15.8 Å². The van der Waals surface area contributed by atoms with Gasteiger partial charge < -0.3 is 14.5 Å². The van der Waals surface area contributed by atoms with Crippen LogP contribution in [-0.4, -0.2) is 17.4 Å². The number of ether oxygens (including phenoxy) is 1. The molecule has 0 aliphatic rings. The number of fused-ring (bicyclic) bond motifs is 1. The lowest BCUT2D eigenvalue weighted by Crippen LogP contribution is -2.20. The standard InChI is InChI=1S/C17H10FN3O5/c18-10-5-6-12(21(23)24)14(7-10)25-9-16(22)20-17-11-3-1-2-4-13(11)26-15(17)8-19/h1-7H,9H2,(H,20,22). The first-order chi connectivity index (χ1) is 12.5. The van der Waals surface area contributed by atoms with Crippen LogP contribution in [0, 0.1) is 27.3 Å². The molecule has 0 spiro atoms. The number of amides is 1. The quantitative estimate of drug-likeness (QED) is 0.554. The third kappa shape index (κ3) is 3.29. The summed E-state index contributed by atoms with van der Waals surface area (Å²) in [5.74, 6) is -1.88. The Morgan fingerprint density at radius 1 is 1.35 bits per heavy atom. The zero-order valence-electron chi connectivity index (χ0n) is 13.1. The Kier molecular flexibility index (Phi) is 4.49. The molecular formula is C17H10FN3O5. The molecule has 2 aromatic carbocycles. The van der Waals surface area contributed by atoms with Gasteiger partial charge in [-0.15, -0.1) is 0 Å². The molecule has 0 aliphatic carbocycles. The van der Waals surface area contributed by atoms with Gasteiger partial charge in [0.15, 0.2) is 6.61 Å². The van der Waals surface area contributed by atoms with E-state index in [0.717, 1.165) is 18.2 Å². The summed E-state index contributed by atoms with van der Waals surface area (Å²) in [6, 6.07) is 11.2. The van der Waals surface area contributed by atoms with Gasteiger partial charge in [0.1, 0.15) is 23.2 Å². The Balaban J connectivity index is 1.78. The number of carbonyl (C=O) groups is 1. The SMILES string of the molecule is N#Cc1oc2ccccc2c1NC(=O)COc1cc(F)ccc1[N+](=O)[O-]. The molecule has 0 unspecified atom stereocenters. The second-order valence-corrected chi connectivity index (χ2v) is 5.12. The van der Waals surface area contributed by atoms with Crippen molar-refractivity contribution in [1.82, 2.24) is 0 Å². The van der Waals surface area contributed by atoms with E-state index in [-0.39, 0.29) is 17.2 Å². The number of para-hydroxylation sites is 1. The fourth-order valence-corrected chi connectivity index (χ4v) is 2.32. The Bertz CT molecular complexity index is 1050. The molecule has 8 nitrogen and oxygen atoms in total. The highest BCUT2D eigenvalue weighted by atomic mass is 19.1. The predicted molar refractivity (Wildman–Crippen MR) is 88.1 cm³/mol. The highest BCUT2D eigenvalue weighted by Crippen LogP contribution is 2.30. The summed E-state index contributed by atoms with van der Waals surface area (Å²) < 4.78 is 23.7. The van der Waals surface area contributed by atoms with Crippen molar-refractivity contribution in [2.45, 2.75) is 0 Å². The molecule has 0 saturated carbocycles. The molecule has 1 N–H and O–H groups in total. The van der Waals surface area contributed by atoms with E-state index in [9.17, 15) is 19.3 Å². The van der Waals surface area contributed by atoms with Crippen LogP contribution in [0.25, 0.3) is 11.0 Å². The monoisotopic (exact) mass is 355 g/mol. The first-order valence-electron chi connectivity index (χ1n) is 7.28. The van der Waals surface area contributed by atoms with Crippen LogP contribution in [0.2, 0.25) is 0 Å². The molecule has 0 atom stereocenters. The molecule has 0 fully saturated rings. The van der Waals surface area contributed by atoms with E-state index in [4.69, 9.17) is 14.4 Å². The number of nitriles is 1. The maximum absolute atomic E-state index is 13.3. The van der Waals surface area contributed by atoms with Crippen molar-refractivity contribution in [1.29, 1.82) is 5.26 Å². The first-order valence-corrected chi connectivity index (χ1v) is 7.28. The van der Waals surface area contributed by atoms with Crippen LogP contribution in [-0.2, 0) is 4.79 Å². The van der Waals surface area contributed by atoms with Crippen molar-refractivity contribution in [3.05, 3.63) is 64.2 Å². The van der Waals surface area contributed by atoms with Crippen LogP contribution < -0.4 is 10.1 Å². The number of furan rings is 1. The van der Waals surface area contributed by atoms with Crippen LogP contribution >= 0.6 is 0 Å². The number of hydrogen-bond donors (Lipinski definition) is 1. The third-order valence-corrected chi connectivity index (χ3v) is 3.44. The number of hydrogen-bond acceptors (Lipinski definition) is 6. The van der Waals surface area contributed by atoms with E-state index in [1.54, 1.807) is 24.3 Å². The van der Waals surface area contributed by atoms with Crippen LogP contribution in [0.5, 0.6) is 5.75 Å². The molecule has 0 saturated heterocycles. The van der Waals surface area contributed by atoms with Crippen molar-refractivity contribution in [2.75, 3.05) is 11.9 Å². The van der Waals surface area contributed by atoms with Crippen molar-refractivity contribution in [2.24, 2.45) is 0 Å². The summed E-state index contributed by atoms with van der Waals surface area (Å²) >= 11 is 0. The first kappa shape index (κ1) is 16.9. The average Bonchev–Trinajstić information content (AvgIpc) is 2.97. The van der Waals surface area contributed by atoms with Crippen LogP contribution in [0.3, 0.4) is 0 Å². The molecule has 130 valence electrons. The number of rotatable bonds is 5. The Morgan fingerprint density at radius 2 is 2.12 bits per heavy atom. The second-order valence-electron chi connectivity index (χ2n) is 5.12.